The van der Waals surface area contributed by atoms with Crippen molar-refractivity contribution in [2.45, 2.75) is 12.8 Å². The summed E-state index contributed by atoms with van der Waals surface area (Å²) in [4.78, 5) is 14.9. The highest BCUT2D eigenvalue weighted by molar-refractivity contribution is 6.03. The van der Waals surface area contributed by atoms with Gasteiger partial charge in [-0.15, -0.1) is 0 Å². The SMILES string of the molecule is COc1ccc(/C=C2\CCC(CN3CCOCC3)C2=O)cc1. The summed E-state index contributed by atoms with van der Waals surface area (Å²) in [6.07, 6.45) is 3.89. The van der Waals surface area contributed by atoms with Gasteiger partial charge in [-0.05, 0) is 42.2 Å². The van der Waals surface area contributed by atoms with E-state index in [-0.39, 0.29) is 5.92 Å². The Morgan fingerprint density at radius 1 is 1.27 bits per heavy atom. The van der Waals surface area contributed by atoms with Crippen molar-refractivity contribution in [2.24, 2.45) is 5.92 Å². The largest absolute Gasteiger partial charge is 0.497 e. The zero-order valence-electron chi connectivity index (χ0n) is 13.1. The van der Waals surface area contributed by atoms with Crippen molar-refractivity contribution in [1.29, 1.82) is 0 Å². The van der Waals surface area contributed by atoms with Crippen molar-refractivity contribution in [2.75, 3.05) is 40.0 Å². The molecule has 22 heavy (non-hydrogen) atoms. The van der Waals surface area contributed by atoms with Crippen LogP contribution in [0.25, 0.3) is 6.08 Å². The van der Waals surface area contributed by atoms with Crippen LogP contribution in [0.1, 0.15) is 18.4 Å². The number of nitrogens with zero attached hydrogens (tertiary/aromatic N) is 1. The van der Waals surface area contributed by atoms with Crippen molar-refractivity contribution in [3.63, 3.8) is 0 Å². The van der Waals surface area contributed by atoms with E-state index in [0.717, 1.165) is 62.6 Å². The molecule has 4 nitrogen and oxygen atoms in total. The summed E-state index contributed by atoms with van der Waals surface area (Å²) < 4.78 is 10.5. The third-order valence-electron chi connectivity index (χ3n) is 4.49. The molecule has 0 aromatic heterocycles. The van der Waals surface area contributed by atoms with E-state index in [1.165, 1.54) is 0 Å². The summed E-state index contributed by atoms with van der Waals surface area (Å²) >= 11 is 0. The molecule has 2 aliphatic rings. The average Bonchev–Trinajstić information content (AvgIpc) is 2.90. The quantitative estimate of drug-likeness (QED) is 0.801. The van der Waals surface area contributed by atoms with E-state index >= 15 is 0 Å². The van der Waals surface area contributed by atoms with Crippen molar-refractivity contribution < 1.29 is 14.3 Å². The molecule has 0 N–H and O–H groups in total. The monoisotopic (exact) mass is 301 g/mol. The fourth-order valence-electron chi connectivity index (χ4n) is 3.16. The summed E-state index contributed by atoms with van der Waals surface area (Å²) in [6.45, 7) is 4.34. The topological polar surface area (TPSA) is 38.8 Å². The molecule has 1 heterocycles. The zero-order chi connectivity index (χ0) is 15.4. The lowest BCUT2D eigenvalue weighted by Crippen LogP contribution is -2.40. The van der Waals surface area contributed by atoms with Gasteiger partial charge in [-0.3, -0.25) is 9.69 Å². The van der Waals surface area contributed by atoms with Gasteiger partial charge in [0.2, 0.25) is 0 Å². The summed E-state index contributed by atoms with van der Waals surface area (Å²) in [6, 6.07) is 7.84. The molecule has 2 fully saturated rings. The molecule has 1 aliphatic heterocycles. The number of hydrogen-bond donors (Lipinski definition) is 0. The van der Waals surface area contributed by atoms with Crippen LogP contribution in [0, 0.1) is 5.92 Å². The first kappa shape index (κ1) is 15.3. The van der Waals surface area contributed by atoms with E-state index in [0.29, 0.717) is 5.78 Å². The normalized spacial score (nSPS) is 24.9. The number of rotatable bonds is 4. The van der Waals surface area contributed by atoms with Crippen LogP contribution in [0.15, 0.2) is 29.8 Å². The standard InChI is InChI=1S/C18H23NO3/c1-21-17-6-2-14(3-7-17)12-15-4-5-16(18(15)20)13-19-8-10-22-11-9-19/h2-3,6-7,12,16H,4-5,8-11,13H2,1H3/b15-12+. The Balaban J connectivity index is 1.63. The molecule has 0 bridgehead atoms. The fourth-order valence-corrected chi connectivity index (χ4v) is 3.16. The first-order valence-corrected chi connectivity index (χ1v) is 7.95. The van der Waals surface area contributed by atoms with Gasteiger partial charge >= 0.3 is 0 Å². The van der Waals surface area contributed by atoms with E-state index in [1.54, 1.807) is 7.11 Å². The molecule has 1 saturated carbocycles. The molecule has 1 aromatic carbocycles. The van der Waals surface area contributed by atoms with E-state index in [4.69, 9.17) is 9.47 Å². The summed E-state index contributed by atoms with van der Waals surface area (Å²) in [5.74, 6) is 1.31. The Bertz CT molecular complexity index is 544. The minimum atomic E-state index is 0.155. The van der Waals surface area contributed by atoms with E-state index < -0.39 is 0 Å². The number of ether oxygens (including phenoxy) is 2. The average molecular weight is 301 g/mol. The van der Waals surface area contributed by atoms with Gasteiger partial charge in [0.15, 0.2) is 5.78 Å². The van der Waals surface area contributed by atoms with Gasteiger partial charge in [0.25, 0.3) is 0 Å². The number of morpholine rings is 1. The molecule has 1 saturated heterocycles. The van der Waals surface area contributed by atoms with Gasteiger partial charge in [0.1, 0.15) is 5.75 Å². The number of methoxy groups -OCH3 is 1. The maximum atomic E-state index is 12.6. The number of hydrogen-bond acceptors (Lipinski definition) is 4. The Kier molecular flexibility index (Phi) is 4.90. The molecule has 3 rings (SSSR count). The van der Waals surface area contributed by atoms with E-state index in [9.17, 15) is 4.79 Å². The lowest BCUT2D eigenvalue weighted by Gasteiger charge is -2.28. The maximum absolute atomic E-state index is 12.6. The number of Topliss-reactive ketones (excluding diaryl/α,β-unsaturated/α-hetero) is 1. The molecule has 1 aromatic rings. The highest BCUT2D eigenvalue weighted by Gasteiger charge is 2.30. The first-order chi connectivity index (χ1) is 10.8. The number of allylic oxidation sites excluding steroid dienone is 1. The van der Waals surface area contributed by atoms with Gasteiger partial charge in [0, 0.05) is 25.6 Å². The zero-order valence-corrected chi connectivity index (χ0v) is 13.1. The number of carbonyl (C=O) groups excluding carboxylic acids is 1. The van der Waals surface area contributed by atoms with Gasteiger partial charge in [-0.2, -0.15) is 0 Å². The third kappa shape index (κ3) is 3.57. The Morgan fingerprint density at radius 2 is 2.00 bits per heavy atom. The lowest BCUT2D eigenvalue weighted by molar-refractivity contribution is -0.118. The van der Waals surface area contributed by atoms with Crippen molar-refractivity contribution >= 4 is 11.9 Å². The maximum Gasteiger partial charge on any atom is 0.163 e. The van der Waals surface area contributed by atoms with Crippen molar-refractivity contribution in [3.05, 3.63) is 35.4 Å². The molecule has 0 spiro atoms. The van der Waals surface area contributed by atoms with Crippen LogP contribution in [0.4, 0.5) is 0 Å². The fraction of sp³-hybridized carbons (Fsp3) is 0.500. The Morgan fingerprint density at radius 3 is 2.68 bits per heavy atom. The highest BCUT2D eigenvalue weighted by Crippen LogP contribution is 2.29. The van der Waals surface area contributed by atoms with Gasteiger partial charge in [0.05, 0.1) is 20.3 Å². The van der Waals surface area contributed by atoms with Gasteiger partial charge in [-0.1, -0.05) is 12.1 Å². The Labute approximate surface area is 131 Å². The number of benzene rings is 1. The van der Waals surface area contributed by atoms with E-state index in [2.05, 4.69) is 4.90 Å². The lowest BCUT2D eigenvalue weighted by atomic mass is 10.0. The summed E-state index contributed by atoms with van der Waals surface area (Å²) in [5.41, 5.74) is 2.03. The highest BCUT2D eigenvalue weighted by atomic mass is 16.5. The van der Waals surface area contributed by atoms with Gasteiger partial charge < -0.3 is 9.47 Å². The summed E-state index contributed by atoms with van der Waals surface area (Å²) in [7, 11) is 1.66. The molecular weight excluding hydrogens is 278 g/mol. The van der Waals surface area contributed by atoms with Gasteiger partial charge in [-0.25, -0.2) is 0 Å². The smallest absolute Gasteiger partial charge is 0.163 e. The molecule has 1 unspecified atom stereocenters. The van der Waals surface area contributed by atoms with Crippen LogP contribution in [0.2, 0.25) is 0 Å². The van der Waals surface area contributed by atoms with Crippen LogP contribution in [0.3, 0.4) is 0 Å². The molecule has 0 radical (unpaired) electrons. The van der Waals surface area contributed by atoms with E-state index in [1.807, 2.05) is 30.3 Å². The number of carbonyl (C=O) groups is 1. The third-order valence-corrected chi connectivity index (χ3v) is 4.49. The minimum absolute atomic E-state index is 0.155. The molecule has 4 heteroatoms. The number of ketones is 1. The van der Waals surface area contributed by atoms with Crippen LogP contribution >= 0.6 is 0 Å². The van der Waals surface area contributed by atoms with Crippen molar-refractivity contribution in [3.8, 4) is 5.75 Å². The molecule has 118 valence electrons. The van der Waals surface area contributed by atoms with Crippen LogP contribution < -0.4 is 4.74 Å². The molecular formula is C18H23NO3. The van der Waals surface area contributed by atoms with Crippen molar-refractivity contribution in [1.82, 2.24) is 4.90 Å². The predicted molar refractivity (Wildman–Crippen MR) is 86.0 cm³/mol. The molecule has 1 atom stereocenters. The van der Waals surface area contributed by atoms with Crippen LogP contribution in [-0.4, -0.2) is 50.6 Å². The second-order valence-electron chi connectivity index (χ2n) is 5.96. The van der Waals surface area contributed by atoms with Crippen LogP contribution in [-0.2, 0) is 9.53 Å². The second kappa shape index (κ2) is 7.07. The van der Waals surface area contributed by atoms with Crippen LogP contribution in [0.5, 0.6) is 5.75 Å². The Hall–Kier alpha value is -1.65. The summed E-state index contributed by atoms with van der Waals surface area (Å²) in [5, 5.41) is 0. The first-order valence-electron chi connectivity index (χ1n) is 7.95. The second-order valence-corrected chi connectivity index (χ2v) is 5.96. The predicted octanol–water partition coefficient (Wildman–Crippen LogP) is 2.39. The molecule has 1 aliphatic carbocycles. The molecule has 0 amide bonds. The minimum Gasteiger partial charge on any atom is -0.497 e.